The van der Waals surface area contributed by atoms with E-state index in [1.807, 2.05) is 0 Å². The highest BCUT2D eigenvalue weighted by molar-refractivity contribution is 8.00. The normalized spacial score (nSPS) is 12.0. The van der Waals surface area contributed by atoms with Crippen LogP contribution < -0.4 is 10.6 Å². The van der Waals surface area contributed by atoms with Gasteiger partial charge in [-0.3, -0.25) is 19.7 Å². The van der Waals surface area contributed by atoms with Crippen LogP contribution in [-0.2, 0) is 11.0 Å². The molecule has 1 atom stereocenters. The highest BCUT2D eigenvalue weighted by Crippen LogP contribution is 2.40. The summed E-state index contributed by atoms with van der Waals surface area (Å²) in [6.45, 7) is 0. The van der Waals surface area contributed by atoms with Crippen molar-refractivity contribution in [3.05, 3.63) is 129 Å². The average Bonchev–Trinajstić information content (AvgIpc) is 2.97. The Hall–Kier alpha value is -4.92. The Balaban J connectivity index is 1.56. The first-order valence-electron chi connectivity index (χ1n) is 11.9. The lowest BCUT2D eigenvalue weighted by Gasteiger charge is -2.19. The van der Waals surface area contributed by atoms with Gasteiger partial charge in [0.05, 0.1) is 4.92 Å². The molecule has 1 unspecified atom stereocenters. The van der Waals surface area contributed by atoms with E-state index in [9.17, 15) is 50.4 Å². The molecule has 0 fully saturated rings. The van der Waals surface area contributed by atoms with Gasteiger partial charge in [-0.25, -0.2) is 17.6 Å². The summed E-state index contributed by atoms with van der Waals surface area (Å²) in [5, 5.41) is 13.7. The van der Waals surface area contributed by atoms with E-state index in [-0.39, 0.29) is 16.8 Å². The van der Waals surface area contributed by atoms with Gasteiger partial charge in [0, 0.05) is 28.3 Å². The molecule has 15 heteroatoms. The molecule has 0 aliphatic heterocycles. The summed E-state index contributed by atoms with van der Waals surface area (Å²) in [4.78, 5) is 36.1. The molecule has 0 spiro atoms. The second kappa shape index (κ2) is 12.5. The lowest BCUT2D eigenvalue weighted by atomic mass is 10.1. The van der Waals surface area contributed by atoms with Crippen LogP contribution in [0.15, 0.2) is 83.8 Å². The number of hydrogen-bond acceptors (Lipinski definition) is 5. The summed E-state index contributed by atoms with van der Waals surface area (Å²) in [5.41, 5.74) is -3.98. The van der Waals surface area contributed by atoms with Crippen molar-refractivity contribution in [1.29, 1.82) is 0 Å². The van der Waals surface area contributed by atoms with Crippen molar-refractivity contribution in [3.63, 3.8) is 0 Å². The standard InChI is InChI=1S/C28H16F7N3O4S/c29-20-19(28(33,34)35)21(30)23(32)24(22(20)31)37-27(40)25(14-4-2-1-3-5-14)43-18-12-8-16(9-13-18)36-26(39)15-6-10-17(11-7-15)38(41)42/h1-13,25H,(H,36,39)(H,37,40). The quantitative estimate of drug-likeness (QED) is 0.0684. The van der Waals surface area contributed by atoms with Gasteiger partial charge in [-0.05, 0) is 42.0 Å². The fourth-order valence-electron chi connectivity index (χ4n) is 3.77. The molecule has 0 aliphatic carbocycles. The number of non-ortho nitro benzene ring substituents is 1. The van der Waals surface area contributed by atoms with Crippen LogP contribution in [0, 0.1) is 33.4 Å². The van der Waals surface area contributed by atoms with Gasteiger partial charge in [-0.15, -0.1) is 11.8 Å². The number of amides is 2. The molecule has 43 heavy (non-hydrogen) atoms. The van der Waals surface area contributed by atoms with Crippen molar-refractivity contribution >= 4 is 40.6 Å². The Morgan fingerprint density at radius 2 is 1.33 bits per heavy atom. The molecule has 0 saturated heterocycles. The van der Waals surface area contributed by atoms with Crippen molar-refractivity contribution < 1.29 is 45.2 Å². The summed E-state index contributed by atoms with van der Waals surface area (Å²) >= 11 is 0.824. The summed E-state index contributed by atoms with van der Waals surface area (Å²) in [6, 6.07) is 18.3. The van der Waals surface area contributed by atoms with Crippen LogP contribution in [0.25, 0.3) is 0 Å². The summed E-state index contributed by atoms with van der Waals surface area (Å²) in [7, 11) is 0. The molecule has 2 amide bonds. The number of carbonyl (C=O) groups is 2. The number of hydrogen-bond donors (Lipinski definition) is 2. The van der Waals surface area contributed by atoms with Crippen LogP contribution in [0.3, 0.4) is 0 Å². The molecule has 0 aromatic heterocycles. The van der Waals surface area contributed by atoms with Gasteiger partial charge in [0.25, 0.3) is 11.6 Å². The molecule has 0 saturated carbocycles. The number of benzene rings is 4. The fourth-order valence-corrected chi connectivity index (χ4v) is 4.80. The number of thioether (sulfide) groups is 1. The Morgan fingerprint density at radius 3 is 1.84 bits per heavy atom. The SMILES string of the molecule is O=C(Nc1ccc(SC(C(=O)Nc2c(F)c(F)c(C(F)(F)F)c(F)c2F)c2ccccc2)cc1)c1ccc([N+](=O)[O-])cc1. The first-order chi connectivity index (χ1) is 20.3. The third-order valence-corrected chi connectivity index (χ3v) is 7.11. The zero-order valence-corrected chi connectivity index (χ0v) is 22.0. The van der Waals surface area contributed by atoms with Crippen LogP contribution in [0.1, 0.15) is 26.7 Å². The Kier molecular flexibility index (Phi) is 9.04. The average molecular weight is 624 g/mol. The van der Waals surface area contributed by atoms with Crippen LogP contribution >= 0.6 is 11.8 Å². The molecule has 2 N–H and O–H groups in total. The summed E-state index contributed by atoms with van der Waals surface area (Å²) in [5.74, 6) is -12.1. The molecule has 0 bridgehead atoms. The van der Waals surface area contributed by atoms with Gasteiger partial charge in [-0.2, -0.15) is 13.2 Å². The van der Waals surface area contributed by atoms with Crippen LogP contribution in [-0.4, -0.2) is 16.7 Å². The van der Waals surface area contributed by atoms with E-state index >= 15 is 0 Å². The maximum Gasteiger partial charge on any atom is 0.422 e. The number of anilines is 2. The maximum atomic E-state index is 14.4. The fraction of sp³-hybridized carbons (Fsp3) is 0.0714. The van der Waals surface area contributed by atoms with E-state index in [2.05, 4.69) is 5.32 Å². The predicted molar refractivity (Wildman–Crippen MR) is 142 cm³/mol. The number of nitrogens with one attached hydrogen (secondary N) is 2. The molecule has 0 radical (unpaired) electrons. The largest absolute Gasteiger partial charge is 0.422 e. The monoisotopic (exact) mass is 623 g/mol. The summed E-state index contributed by atoms with van der Waals surface area (Å²) in [6.07, 6.45) is -5.74. The van der Waals surface area contributed by atoms with E-state index in [4.69, 9.17) is 0 Å². The van der Waals surface area contributed by atoms with Crippen molar-refractivity contribution in [2.75, 3.05) is 10.6 Å². The van der Waals surface area contributed by atoms with Gasteiger partial charge in [0.2, 0.25) is 5.91 Å². The van der Waals surface area contributed by atoms with E-state index < -0.39 is 62.7 Å². The third kappa shape index (κ3) is 6.94. The van der Waals surface area contributed by atoms with E-state index in [0.717, 1.165) is 23.9 Å². The molecule has 0 aliphatic rings. The number of nitro groups is 1. The Bertz CT molecular complexity index is 1660. The first kappa shape index (κ1) is 31.0. The minimum Gasteiger partial charge on any atom is -0.322 e. The van der Waals surface area contributed by atoms with Gasteiger partial charge in [0.1, 0.15) is 16.5 Å². The first-order valence-corrected chi connectivity index (χ1v) is 12.8. The van der Waals surface area contributed by atoms with E-state index in [1.54, 1.807) is 11.4 Å². The Labute approximate surface area is 241 Å². The van der Waals surface area contributed by atoms with Crippen LogP contribution in [0.2, 0.25) is 0 Å². The Morgan fingerprint density at radius 1 is 0.767 bits per heavy atom. The third-order valence-electron chi connectivity index (χ3n) is 5.84. The van der Waals surface area contributed by atoms with Crippen LogP contribution in [0.4, 0.5) is 47.8 Å². The molecular weight excluding hydrogens is 607 g/mol. The number of nitro benzene ring substituents is 1. The number of alkyl halides is 3. The van der Waals surface area contributed by atoms with Gasteiger partial charge < -0.3 is 10.6 Å². The molecule has 7 nitrogen and oxygen atoms in total. The lowest BCUT2D eigenvalue weighted by molar-refractivity contribution is -0.384. The molecule has 4 aromatic carbocycles. The number of carbonyl (C=O) groups excluding carboxylic acids is 2. The highest BCUT2D eigenvalue weighted by atomic mass is 32.2. The van der Waals surface area contributed by atoms with E-state index in [0.29, 0.717) is 10.6 Å². The van der Waals surface area contributed by atoms with Gasteiger partial charge in [0.15, 0.2) is 23.3 Å². The van der Waals surface area contributed by atoms with Gasteiger partial charge >= 0.3 is 6.18 Å². The van der Waals surface area contributed by atoms with Crippen LogP contribution in [0.5, 0.6) is 0 Å². The van der Waals surface area contributed by atoms with Gasteiger partial charge in [-0.1, -0.05) is 30.3 Å². The zero-order chi connectivity index (χ0) is 31.5. The maximum absolute atomic E-state index is 14.4. The second-order valence-corrected chi connectivity index (χ2v) is 9.86. The molecular formula is C28H16F7N3O4S. The zero-order valence-electron chi connectivity index (χ0n) is 21.2. The molecule has 4 rings (SSSR count). The number of nitrogens with zero attached hydrogens (tertiary/aromatic N) is 1. The molecule has 4 aromatic rings. The second-order valence-electron chi connectivity index (χ2n) is 8.68. The minimum absolute atomic E-state index is 0.139. The number of rotatable bonds is 8. The minimum atomic E-state index is -5.74. The predicted octanol–water partition coefficient (Wildman–Crippen LogP) is 7.89. The molecule has 0 heterocycles. The lowest BCUT2D eigenvalue weighted by Crippen LogP contribution is -2.23. The number of halogens is 7. The smallest absolute Gasteiger partial charge is 0.322 e. The summed E-state index contributed by atoms with van der Waals surface area (Å²) < 4.78 is 95.9. The highest BCUT2D eigenvalue weighted by Gasteiger charge is 2.42. The van der Waals surface area contributed by atoms with Crippen molar-refractivity contribution in [2.24, 2.45) is 0 Å². The topological polar surface area (TPSA) is 101 Å². The van der Waals surface area contributed by atoms with E-state index in [1.165, 1.54) is 60.7 Å². The van der Waals surface area contributed by atoms with Crippen molar-refractivity contribution in [2.45, 2.75) is 16.3 Å². The van der Waals surface area contributed by atoms with Crippen molar-refractivity contribution in [1.82, 2.24) is 0 Å². The van der Waals surface area contributed by atoms with Crippen molar-refractivity contribution in [3.8, 4) is 0 Å². The molecule has 222 valence electrons.